The summed E-state index contributed by atoms with van der Waals surface area (Å²) in [6.45, 7) is 1.31. The number of hydrogen-bond donors (Lipinski definition) is 3. The van der Waals surface area contributed by atoms with Gasteiger partial charge in [0.1, 0.15) is 6.04 Å². The van der Waals surface area contributed by atoms with Crippen LogP contribution in [0.15, 0.2) is 18.2 Å². The lowest BCUT2D eigenvalue weighted by molar-refractivity contribution is -0.143. The van der Waals surface area contributed by atoms with Crippen molar-refractivity contribution in [2.45, 2.75) is 31.8 Å². The number of likely N-dealkylation sites (tertiary alicyclic amines) is 1. The quantitative estimate of drug-likeness (QED) is 0.734. The van der Waals surface area contributed by atoms with Gasteiger partial charge in [-0.05, 0) is 42.4 Å². The second kappa shape index (κ2) is 4.98. The van der Waals surface area contributed by atoms with E-state index >= 15 is 0 Å². The molecular formula is C15H19NO4. The summed E-state index contributed by atoms with van der Waals surface area (Å²) in [5.41, 5.74) is 0.825. The molecule has 0 bridgehead atoms. The minimum atomic E-state index is -0.748. The highest BCUT2D eigenvalue weighted by atomic mass is 16.4. The van der Waals surface area contributed by atoms with E-state index in [1.807, 2.05) is 4.90 Å². The Kier molecular flexibility index (Phi) is 3.30. The second-order valence-corrected chi connectivity index (χ2v) is 5.89. The predicted molar refractivity (Wildman–Crippen MR) is 72.4 cm³/mol. The summed E-state index contributed by atoms with van der Waals surface area (Å²) in [5, 5.41) is 28.3. The molecule has 0 radical (unpaired) electrons. The maximum atomic E-state index is 11.5. The molecule has 2 fully saturated rings. The van der Waals surface area contributed by atoms with Gasteiger partial charge in [-0.3, -0.25) is 9.69 Å². The lowest BCUT2D eigenvalue weighted by Crippen LogP contribution is -2.39. The normalized spacial score (nSPS) is 29.5. The van der Waals surface area contributed by atoms with Crippen LogP contribution >= 0.6 is 0 Å². The van der Waals surface area contributed by atoms with Gasteiger partial charge in [-0.1, -0.05) is 12.5 Å². The third kappa shape index (κ3) is 2.22. The van der Waals surface area contributed by atoms with Crippen LogP contribution in [0.5, 0.6) is 11.5 Å². The van der Waals surface area contributed by atoms with Crippen molar-refractivity contribution in [3.05, 3.63) is 23.8 Å². The zero-order valence-electron chi connectivity index (χ0n) is 11.2. The zero-order valence-corrected chi connectivity index (χ0v) is 11.2. The standard InChI is InChI=1S/C15H19NO4/c17-12-5-4-9(6-13(12)18)7-16-8-10-2-1-3-11(10)14(16)15(19)20/h4-6,10-11,14,17-18H,1-3,7-8H2,(H,19,20). The van der Waals surface area contributed by atoms with Gasteiger partial charge in [0.05, 0.1) is 0 Å². The number of phenolic OH excluding ortho intramolecular Hbond substituents is 2. The molecule has 1 aliphatic carbocycles. The van der Waals surface area contributed by atoms with Gasteiger partial charge in [0.2, 0.25) is 0 Å². The summed E-state index contributed by atoms with van der Waals surface area (Å²) >= 11 is 0. The molecule has 20 heavy (non-hydrogen) atoms. The van der Waals surface area contributed by atoms with Crippen LogP contribution in [0.2, 0.25) is 0 Å². The Balaban J connectivity index is 1.79. The number of hydrogen-bond acceptors (Lipinski definition) is 4. The minimum absolute atomic E-state index is 0.151. The Morgan fingerprint density at radius 3 is 2.75 bits per heavy atom. The molecule has 1 saturated heterocycles. The van der Waals surface area contributed by atoms with Gasteiger partial charge in [-0.15, -0.1) is 0 Å². The van der Waals surface area contributed by atoms with Crippen molar-refractivity contribution in [2.24, 2.45) is 11.8 Å². The Hall–Kier alpha value is -1.75. The van der Waals surface area contributed by atoms with Crippen molar-refractivity contribution in [1.82, 2.24) is 4.90 Å². The summed E-state index contributed by atoms with van der Waals surface area (Å²) in [5.74, 6) is -0.307. The summed E-state index contributed by atoms with van der Waals surface area (Å²) in [4.78, 5) is 13.5. The molecule has 3 rings (SSSR count). The van der Waals surface area contributed by atoms with Crippen LogP contribution in [0, 0.1) is 11.8 Å². The van der Waals surface area contributed by atoms with Crippen LogP contribution in [-0.2, 0) is 11.3 Å². The number of fused-ring (bicyclic) bond motifs is 1. The van der Waals surface area contributed by atoms with E-state index in [0.717, 1.165) is 31.4 Å². The first kappa shape index (κ1) is 13.2. The van der Waals surface area contributed by atoms with Crippen LogP contribution in [0.4, 0.5) is 0 Å². The molecule has 3 N–H and O–H groups in total. The monoisotopic (exact) mass is 277 g/mol. The van der Waals surface area contributed by atoms with Crippen molar-refractivity contribution in [3.63, 3.8) is 0 Å². The van der Waals surface area contributed by atoms with Gasteiger partial charge >= 0.3 is 5.97 Å². The van der Waals surface area contributed by atoms with E-state index in [1.54, 1.807) is 6.07 Å². The smallest absolute Gasteiger partial charge is 0.321 e. The number of aliphatic carboxylic acids is 1. The Bertz CT molecular complexity index is 531. The number of rotatable bonds is 3. The van der Waals surface area contributed by atoms with Crippen LogP contribution in [0.25, 0.3) is 0 Å². The molecule has 1 aromatic rings. The Labute approximate surface area is 117 Å². The third-order valence-electron chi connectivity index (χ3n) is 4.66. The maximum absolute atomic E-state index is 11.5. The number of carboxylic acid groups (broad SMARTS) is 1. The molecule has 0 aromatic heterocycles. The van der Waals surface area contributed by atoms with Crippen molar-refractivity contribution in [1.29, 1.82) is 0 Å². The zero-order chi connectivity index (χ0) is 14.3. The van der Waals surface area contributed by atoms with Gasteiger partial charge < -0.3 is 15.3 Å². The van der Waals surface area contributed by atoms with Gasteiger partial charge in [0.25, 0.3) is 0 Å². The van der Waals surface area contributed by atoms with Gasteiger partial charge in [0, 0.05) is 13.1 Å². The number of carboxylic acids is 1. The largest absolute Gasteiger partial charge is 0.504 e. The highest BCUT2D eigenvalue weighted by Crippen LogP contribution is 2.43. The first-order chi connectivity index (χ1) is 9.56. The predicted octanol–water partition coefficient (Wildman–Crippen LogP) is 1.78. The fourth-order valence-electron chi connectivity index (χ4n) is 3.80. The molecule has 2 aliphatic rings. The van der Waals surface area contributed by atoms with Crippen molar-refractivity contribution >= 4 is 5.97 Å². The molecule has 5 nitrogen and oxygen atoms in total. The summed E-state index contributed by atoms with van der Waals surface area (Å²) in [7, 11) is 0. The number of benzene rings is 1. The fraction of sp³-hybridized carbons (Fsp3) is 0.533. The molecule has 0 amide bonds. The molecule has 1 aliphatic heterocycles. The number of phenols is 2. The molecule has 3 unspecified atom stereocenters. The van der Waals surface area contributed by atoms with Crippen molar-refractivity contribution in [2.75, 3.05) is 6.54 Å². The molecular weight excluding hydrogens is 258 g/mol. The maximum Gasteiger partial charge on any atom is 0.321 e. The van der Waals surface area contributed by atoms with Crippen LogP contribution < -0.4 is 0 Å². The first-order valence-electron chi connectivity index (χ1n) is 7.04. The molecule has 108 valence electrons. The second-order valence-electron chi connectivity index (χ2n) is 5.89. The van der Waals surface area contributed by atoms with E-state index in [-0.39, 0.29) is 17.4 Å². The number of aromatic hydroxyl groups is 2. The van der Waals surface area contributed by atoms with Crippen LogP contribution in [0.1, 0.15) is 24.8 Å². The highest BCUT2D eigenvalue weighted by Gasteiger charge is 2.47. The third-order valence-corrected chi connectivity index (χ3v) is 4.66. The molecule has 3 atom stereocenters. The van der Waals surface area contributed by atoms with Crippen LogP contribution in [-0.4, -0.2) is 38.8 Å². The lowest BCUT2D eigenvalue weighted by atomic mass is 9.94. The van der Waals surface area contributed by atoms with Crippen LogP contribution in [0.3, 0.4) is 0 Å². The fourth-order valence-corrected chi connectivity index (χ4v) is 3.80. The Morgan fingerprint density at radius 1 is 1.25 bits per heavy atom. The van der Waals surface area contributed by atoms with Gasteiger partial charge in [-0.25, -0.2) is 0 Å². The van der Waals surface area contributed by atoms with E-state index in [4.69, 9.17) is 0 Å². The van der Waals surface area contributed by atoms with E-state index in [0.29, 0.717) is 12.5 Å². The molecule has 1 heterocycles. The molecule has 5 heteroatoms. The first-order valence-corrected chi connectivity index (χ1v) is 7.04. The van der Waals surface area contributed by atoms with E-state index < -0.39 is 12.0 Å². The average Bonchev–Trinajstić information content (AvgIpc) is 2.93. The average molecular weight is 277 g/mol. The summed E-state index contributed by atoms with van der Waals surface area (Å²) in [6, 6.07) is 4.25. The van der Waals surface area contributed by atoms with E-state index in [1.165, 1.54) is 12.1 Å². The number of carbonyl (C=O) groups is 1. The van der Waals surface area contributed by atoms with Crippen molar-refractivity contribution < 1.29 is 20.1 Å². The lowest BCUT2D eigenvalue weighted by Gasteiger charge is -2.24. The highest BCUT2D eigenvalue weighted by molar-refractivity contribution is 5.74. The topological polar surface area (TPSA) is 81.0 Å². The van der Waals surface area contributed by atoms with E-state index in [2.05, 4.69) is 0 Å². The minimum Gasteiger partial charge on any atom is -0.504 e. The Morgan fingerprint density at radius 2 is 2.05 bits per heavy atom. The van der Waals surface area contributed by atoms with Crippen molar-refractivity contribution in [3.8, 4) is 11.5 Å². The summed E-state index contributed by atoms with van der Waals surface area (Å²) < 4.78 is 0. The van der Waals surface area contributed by atoms with E-state index in [9.17, 15) is 20.1 Å². The SMILES string of the molecule is O=C(O)C1C2CCCC2CN1Cc1ccc(O)c(O)c1. The van der Waals surface area contributed by atoms with Gasteiger partial charge in [0.15, 0.2) is 11.5 Å². The molecule has 1 saturated carbocycles. The number of nitrogens with zero attached hydrogens (tertiary/aromatic N) is 1. The van der Waals surface area contributed by atoms with Gasteiger partial charge in [-0.2, -0.15) is 0 Å². The molecule has 0 spiro atoms. The summed E-state index contributed by atoms with van der Waals surface area (Å²) in [6.07, 6.45) is 3.25. The molecule has 1 aromatic carbocycles.